The number of amidine groups is 2. The third-order valence-electron chi connectivity index (χ3n) is 10.6. The van der Waals surface area contributed by atoms with Crippen LogP contribution in [0.2, 0.25) is 0 Å². The van der Waals surface area contributed by atoms with Crippen LogP contribution in [0.4, 0.5) is 0 Å². The highest BCUT2D eigenvalue weighted by Gasteiger charge is 2.20. The van der Waals surface area contributed by atoms with Crippen molar-refractivity contribution in [2.24, 2.45) is 15.0 Å². The van der Waals surface area contributed by atoms with Crippen LogP contribution in [-0.4, -0.2) is 23.0 Å². The van der Waals surface area contributed by atoms with E-state index >= 15 is 0 Å². The van der Waals surface area contributed by atoms with E-state index in [1.165, 1.54) is 0 Å². The Morgan fingerprint density at radius 2 is 1.18 bits per heavy atom. The molecule has 8 aromatic carbocycles. The van der Waals surface area contributed by atoms with Crippen LogP contribution in [0.5, 0.6) is 0 Å². The van der Waals surface area contributed by atoms with Gasteiger partial charge in [0.25, 0.3) is 0 Å². The van der Waals surface area contributed by atoms with E-state index in [0.717, 1.165) is 88.4 Å². The quantitative estimate of drug-likeness (QED) is 0.119. The number of para-hydroxylation sites is 3. The highest BCUT2D eigenvalue weighted by atomic mass is 16.3. The molecule has 0 aliphatic heterocycles. The van der Waals surface area contributed by atoms with Crippen LogP contribution >= 0.6 is 0 Å². The number of aromatic nitrogens is 1. The van der Waals surface area contributed by atoms with Gasteiger partial charge in [0.2, 0.25) is 0 Å². The largest absolute Gasteiger partial charge is 0.455 e. The van der Waals surface area contributed by atoms with Gasteiger partial charge in [-0.15, -0.1) is 0 Å². The summed E-state index contributed by atoms with van der Waals surface area (Å²) in [7, 11) is 0. The van der Waals surface area contributed by atoms with Gasteiger partial charge in [0, 0.05) is 43.8 Å². The fraction of sp³-hybridized carbons (Fsp3) is 0.0192. The summed E-state index contributed by atoms with van der Waals surface area (Å²) in [5.74, 6) is 1.09. The second kappa shape index (κ2) is 14.5. The predicted molar refractivity (Wildman–Crippen MR) is 238 cm³/mol. The molecule has 2 heterocycles. The van der Waals surface area contributed by atoms with Gasteiger partial charge >= 0.3 is 0 Å². The van der Waals surface area contributed by atoms with E-state index in [2.05, 4.69) is 150 Å². The summed E-state index contributed by atoms with van der Waals surface area (Å²) < 4.78 is 8.87. The number of fused-ring (bicyclic) bond motifs is 6. The van der Waals surface area contributed by atoms with E-state index in [0.29, 0.717) is 18.2 Å². The molecule has 0 saturated heterocycles. The zero-order chi connectivity index (χ0) is 38.1. The highest BCUT2D eigenvalue weighted by molar-refractivity contribution is 6.15. The molecule has 0 unspecified atom stereocenters. The Morgan fingerprint density at radius 3 is 1.98 bits per heavy atom. The molecule has 0 fully saturated rings. The zero-order valence-electron chi connectivity index (χ0n) is 31.1. The molecule has 5 nitrogen and oxygen atoms in total. The first-order chi connectivity index (χ1) is 28.2. The van der Waals surface area contributed by atoms with Crippen molar-refractivity contribution in [1.29, 1.82) is 0 Å². The first-order valence-corrected chi connectivity index (χ1v) is 19.1. The monoisotopic (exact) mass is 732 g/mol. The number of benzene rings is 8. The molecule has 2 aromatic heterocycles. The Balaban J connectivity index is 1.20. The molecule has 270 valence electrons. The van der Waals surface area contributed by atoms with Crippen molar-refractivity contribution >= 4 is 62.1 Å². The summed E-state index contributed by atoms with van der Waals surface area (Å²) in [6.45, 7) is 4.36. The van der Waals surface area contributed by atoms with Gasteiger partial charge in [-0.25, -0.2) is 9.98 Å². The molecule has 5 heteroatoms. The van der Waals surface area contributed by atoms with Crippen LogP contribution < -0.4 is 0 Å². The molecule has 0 aliphatic carbocycles. The first-order valence-electron chi connectivity index (χ1n) is 19.1. The van der Waals surface area contributed by atoms with Gasteiger partial charge in [0.15, 0.2) is 11.7 Å². The van der Waals surface area contributed by atoms with E-state index in [-0.39, 0.29) is 0 Å². The smallest absolute Gasteiger partial charge is 0.161 e. The molecule has 0 spiro atoms. The Labute approximate surface area is 330 Å². The Kier molecular flexibility index (Phi) is 8.65. The van der Waals surface area contributed by atoms with E-state index in [4.69, 9.17) is 14.4 Å². The van der Waals surface area contributed by atoms with Crippen molar-refractivity contribution in [1.82, 2.24) is 4.57 Å². The van der Waals surface area contributed by atoms with Gasteiger partial charge in [-0.1, -0.05) is 164 Å². The topological polar surface area (TPSA) is 55.1 Å². The van der Waals surface area contributed by atoms with Gasteiger partial charge in [0.1, 0.15) is 11.2 Å². The number of nitrogens with zero attached hydrogens (tertiary/aromatic N) is 4. The molecule has 0 bridgehead atoms. The predicted octanol–water partition coefficient (Wildman–Crippen LogP) is 13.1. The lowest BCUT2D eigenvalue weighted by Gasteiger charge is -2.16. The fourth-order valence-corrected chi connectivity index (χ4v) is 7.91. The molecule has 0 saturated carbocycles. The zero-order valence-corrected chi connectivity index (χ0v) is 31.1. The van der Waals surface area contributed by atoms with Crippen molar-refractivity contribution in [3.8, 4) is 27.9 Å². The molecule has 10 aromatic rings. The molecule has 0 amide bonds. The fourth-order valence-electron chi connectivity index (χ4n) is 7.91. The number of hydrogen-bond donors (Lipinski definition) is 0. The minimum Gasteiger partial charge on any atom is -0.455 e. The van der Waals surface area contributed by atoms with Gasteiger partial charge < -0.3 is 8.98 Å². The first kappa shape index (κ1) is 33.9. The van der Waals surface area contributed by atoms with Crippen LogP contribution in [0.15, 0.2) is 214 Å². The third-order valence-corrected chi connectivity index (χ3v) is 10.6. The summed E-state index contributed by atoms with van der Waals surface area (Å²) in [6, 6.07) is 67.3. The van der Waals surface area contributed by atoms with E-state index < -0.39 is 0 Å². The average molecular weight is 733 g/mol. The van der Waals surface area contributed by atoms with E-state index in [9.17, 15) is 0 Å². The van der Waals surface area contributed by atoms with Crippen molar-refractivity contribution in [3.05, 3.63) is 211 Å². The van der Waals surface area contributed by atoms with Gasteiger partial charge in [-0.3, -0.25) is 4.99 Å². The van der Waals surface area contributed by atoms with Gasteiger partial charge in [-0.2, -0.15) is 0 Å². The second-order valence-electron chi connectivity index (χ2n) is 14.0. The van der Waals surface area contributed by atoms with Crippen LogP contribution in [0.1, 0.15) is 16.7 Å². The molecule has 0 radical (unpaired) electrons. The Morgan fingerprint density at radius 1 is 0.491 bits per heavy atom. The molecule has 0 aliphatic rings. The maximum absolute atomic E-state index is 6.49. The molecule has 0 atom stereocenters. The third kappa shape index (κ3) is 6.21. The molecule has 10 rings (SSSR count). The maximum atomic E-state index is 6.49. The van der Waals surface area contributed by atoms with Crippen LogP contribution in [-0.2, 0) is 6.54 Å². The van der Waals surface area contributed by atoms with E-state index in [1.807, 2.05) is 60.7 Å². The standard InChI is InChI=1S/C52H36N4O/c1-53-51(37-20-9-4-10-21-37)55-52(54-34-35-16-5-2-6-17-35)39-28-30-40(36-18-7-3-8-19-36)48(33-39)56-46-26-13-11-22-42(46)45-32-38(29-31-47(45)56)41-24-15-25-44-43-23-12-14-27-49(43)57-50(41)44/h2-33H,1,34H2. The SMILES string of the molecule is C=NC(=NC(=NCc1ccccc1)c1ccc(-c2ccccc2)c(-n2c3ccccc3c3cc(-c4cccc5c4oc4ccccc45)ccc32)c1)c1ccccc1. The van der Waals surface area contributed by atoms with Crippen LogP contribution in [0, 0.1) is 0 Å². The van der Waals surface area contributed by atoms with Crippen LogP contribution in [0.25, 0.3) is 71.7 Å². The summed E-state index contributed by atoms with van der Waals surface area (Å²) in [5.41, 5.74) is 12.2. The minimum absolute atomic E-state index is 0.463. The minimum atomic E-state index is 0.463. The second-order valence-corrected chi connectivity index (χ2v) is 14.0. The lowest BCUT2D eigenvalue weighted by molar-refractivity contribution is 0.670. The number of rotatable bonds is 7. The maximum Gasteiger partial charge on any atom is 0.161 e. The van der Waals surface area contributed by atoms with Gasteiger partial charge in [0.05, 0.1) is 23.3 Å². The summed E-state index contributed by atoms with van der Waals surface area (Å²) in [4.78, 5) is 14.6. The van der Waals surface area contributed by atoms with Crippen molar-refractivity contribution in [2.75, 3.05) is 0 Å². The number of aliphatic imine (C=N–C) groups is 3. The lowest BCUT2D eigenvalue weighted by atomic mass is 9.99. The molecule has 57 heavy (non-hydrogen) atoms. The number of hydrogen-bond acceptors (Lipinski definition) is 2. The normalized spacial score (nSPS) is 12.2. The van der Waals surface area contributed by atoms with Crippen molar-refractivity contribution in [3.63, 3.8) is 0 Å². The molecule has 0 N–H and O–H groups in total. The highest BCUT2D eigenvalue weighted by Crippen LogP contribution is 2.41. The Bertz CT molecular complexity index is 3160. The molecular weight excluding hydrogens is 697 g/mol. The average Bonchev–Trinajstić information content (AvgIpc) is 3.83. The Hall–Kier alpha value is -7.63. The molecular formula is C52H36N4O. The summed E-state index contributed by atoms with van der Waals surface area (Å²) in [6.07, 6.45) is 0. The van der Waals surface area contributed by atoms with Gasteiger partial charge in [-0.05, 0) is 53.7 Å². The summed E-state index contributed by atoms with van der Waals surface area (Å²) >= 11 is 0. The van der Waals surface area contributed by atoms with E-state index in [1.54, 1.807) is 0 Å². The van der Waals surface area contributed by atoms with Crippen molar-refractivity contribution in [2.45, 2.75) is 6.54 Å². The number of furan rings is 1. The summed E-state index contributed by atoms with van der Waals surface area (Å²) in [5, 5.41) is 4.55. The van der Waals surface area contributed by atoms with Crippen LogP contribution in [0.3, 0.4) is 0 Å². The van der Waals surface area contributed by atoms with Crippen molar-refractivity contribution < 1.29 is 4.42 Å². The lowest BCUT2D eigenvalue weighted by Crippen LogP contribution is -2.07.